The Hall–Kier alpha value is -2.23. The van der Waals surface area contributed by atoms with E-state index in [-0.39, 0.29) is 6.79 Å². The molecular formula is C14H14O4. The highest BCUT2D eigenvalue weighted by Crippen LogP contribution is 2.19. The standard InChI is InChI=1S/C14H14O4/c1-16-14(15)12(13-9-17-10-18-13)8-7-11-5-3-2-4-6-11/h2-6,8-9H,7,10H2,1H3. The predicted octanol–water partition coefficient (Wildman–Crippen LogP) is 2.17. The molecule has 0 aliphatic carbocycles. The van der Waals surface area contributed by atoms with Crippen LogP contribution in [0.25, 0.3) is 0 Å². The van der Waals surface area contributed by atoms with E-state index in [1.54, 1.807) is 6.08 Å². The number of hydrogen-bond acceptors (Lipinski definition) is 4. The predicted molar refractivity (Wildman–Crippen MR) is 65.4 cm³/mol. The fraction of sp³-hybridized carbons (Fsp3) is 0.214. The number of benzene rings is 1. The van der Waals surface area contributed by atoms with Gasteiger partial charge in [-0.15, -0.1) is 0 Å². The lowest BCUT2D eigenvalue weighted by Gasteiger charge is -2.05. The van der Waals surface area contributed by atoms with Crippen molar-refractivity contribution in [1.82, 2.24) is 0 Å². The van der Waals surface area contributed by atoms with E-state index in [0.29, 0.717) is 17.8 Å². The SMILES string of the molecule is COC(=O)C(=CCc1ccccc1)C1=COCO1. The van der Waals surface area contributed by atoms with Gasteiger partial charge in [-0.3, -0.25) is 0 Å². The number of esters is 1. The van der Waals surface area contributed by atoms with E-state index in [4.69, 9.17) is 14.2 Å². The van der Waals surface area contributed by atoms with Crippen LogP contribution in [-0.4, -0.2) is 19.9 Å². The van der Waals surface area contributed by atoms with Crippen LogP contribution in [0.2, 0.25) is 0 Å². The minimum absolute atomic E-state index is 0.134. The van der Waals surface area contributed by atoms with Crippen molar-refractivity contribution in [2.75, 3.05) is 13.9 Å². The van der Waals surface area contributed by atoms with Gasteiger partial charge in [-0.25, -0.2) is 4.79 Å². The largest absolute Gasteiger partial charge is 0.465 e. The Labute approximate surface area is 105 Å². The molecule has 0 unspecified atom stereocenters. The summed E-state index contributed by atoms with van der Waals surface area (Å²) in [6.45, 7) is 0.134. The molecule has 0 saturated carbocycles. The van der Waals surface area contributed by atoms with Gasteiger partial charge in [0, 0.05) is 0 Å². The van der Waals surface area contributed by atoms with Gasteiger partial charge in [0.05, 0.1) is 7.11 Å². The van der Waals surface area contributed by atoms with Crippen molar-refractivity contribution >= 4 is 5.97 Å². The second kappa shape index (κ2) is 5.91. The normalized spacial score (nSPS) is 14.5. The summed E-state index contributed by atoms with van der Waals surface area (Å²) in [4.78, 5) is 11.7. The summed E-state index contributed by atoms with van der Waals surface area (Å²) in [5, 5.41) is 0. The van der Waals surface area contributed by atoms with Gasteiger partial charge in [0.1, 0.15) is 11.8 Å². The average Bonchev–Trinajstić information content (AvgIpc) is 2.94. The molecule has 94 valence electrons. The summed E-state index contributed by atoms with van der Waals surface area (Å²) < 4.78 is 14.9. The molecule has 1 aliphatic rings. The lowest BCUT2D eigenvalue weighted by atomic mass is 10.1. The van der Waals surface area contributed by atoms with Crippen LogP contribution in [0, 0.1) is 0 Å². The molecule has 1 aromatic rings. The number of rotatable bonds is 4. The van der Waals surface area contributed by atoms with Crippen molar-refractivity contribution in [2.45, 2.75) is 6.42 Å². The molecule has 0 bridgehead atoms. The molecule has 0 radical (unpaired) electrons. The van der Waals surface area contributed by atoms with Gasteiger partial charge < -0.3 is 14.2 Å². The molecule has 0 amide bonds. The molecule has 0 saturated heterocycles. The van der Waals surface area contributed by atoms with E-state index in [0.717, 1.165) is 5.56 Å². The van der Waals surface area contributed by atoms with Gasteiger partial charge >= 0.3 is 5.97 Å². The monoisotopic (exact) mass is 246 g/mol. The number of carbonyl (C=O) groups is 1. The molecule has 1 aliphatic heterocycles. The third kappa shape index (κ3) is 2.91. The van der Waals surface area contributed by atoms with Gasteiger partial charge in [-0.1, -0.05) is 36.4 Å². The van der Waals surface area contributed by atoms with E-state index in [1.165, 1.54) is 13.4 Å². The molecule has 2 rings (SSSR count). The van der Waals surface area contributed by atoms with Crippen LogP contribution in [0.4, 0.5) is 0 Å². The Kier molecular flexibility index (Phi) is 4.02. The number of hydrogen-bond donors (Lipinski definition) is 0. The fourth-order valence-electron chi connectivity index (χ4n) is 1.61. The first-order valence-electron chi connectivity index (χ1n) is 5.58. The zero-order chi connectivity index (χ0) is 12.8. The smallest absolute Gasteiger partial charge is 0.341 e. The van der Waals surface area contributed by atoms with Crippen LogP contribution in [0.15, 0.2) is 54.0 Å². The van der Waals surface area contributed by atoms with Crippen LogP contribution >= 0.6 is 0 Å². The molecule has 18 heavy (non-hydrogen) atoms. The van der Waals surface area contributed by atoms with E-state index in [9.17, 15) is 4.79 Å². The molecule has 4 heteroatoms. The van der Waals surface area contributed by atoms with E-state index in [1.807, 2.05) is 30.3 Å². The zero-order valence-corrected chi connectivity index (χ0v) is 10.1. The third-order valence-corrected chi connectivity index (χ3v) is 2.53. The van der Waals surface area contributed by atoms with E-state index < -0.39 is 5.97 Å². The first-order chi connectivity index (χ1) is 8.81. The Morgan fingerprint density at radius 1 is 1.39 bits per heavy atom. The molecule has 0 aromatic heterocycles. The van der Waals surface area contributed by atoms with Crippen molar-refractivity contribution in [2.24, 2.45) is 0 Å². The van der Waals surface area contributed by atoms with Crippen LogP contribution in [0.1, 0.15) is 5.56 Å². The quantitative estimate of drug-likeness (QED) is 0.603. The van der Waals surface area contributed by atoms with Crippen molar-refractivity contribution in [3.8, 4) is 0 Å². The van der Waals surface area contributed by atoms with Gasteiger partial charge in [0.2, 0.25) is 6.79 Å². The average molecular weight is 246 g/mol. The van der Waals surface area contributed by atoms with Gasteiger partial charge in [-0.2, -0.15) is 0 Å². The fourth-order valence-corrected chi connectivity index (χ4v) is 1.61. The Balaban J connectivity index is 2.16. The van der Waals surface area contributed by atoms with Crippen molar-refractivity contribution in [1.29, 1.82) is 0 Å². The van der Waals surface area contributed by atoms with Crippen molar-refractivity contribution in [3.05, 3.63) is 59.6 Å². The molecule has 0 atom stereocenters. The molecule has 1 aromatic carbocycles. The van der Waals surface area contributed by atoms with Crippen LogP contribution in [0.5, 0.6) is 0 Å². The summed E-state index contributed by atoms with van der Waals surface area (Å²) in [6.07, 6.45) is 3.83. The Bertz CT molecular complexity index is 474. The summed E-state index contributed by atoms with van der Waals surface area (Å²) in [7, 11) is 1.34. The Morgan fingerprint density at radius 3 is 2.78 bits per heavy atom. The van der Waals surface area contributed by atoms with Gasteiger partial charge in [0.25, 0.3) is 0 Å². The maximum atomic E-state index is 11.7. The lowest BCUT2D eigenvalue weighted by molar-refractivity contribution is -0.136. The highest BCUT2D eigenvalue weighted by atomic mass is 16.7. The summed E-state index contributed by atoms with van der Waals surface area (Å²) in [6, 6.07) is 9.84. The summed E-state index contributed by atoms with van der Waals surface area (Å²) >= 11 is 0. The summed E-state index contributed by atoms with van der Waals surface area (Å²) in [5.74, 6) is -0.0135. The second-order valence-corrected chi connectivity index (χ2v) is 3.71. The molecular weight excluding hydrogens is 232 g/mol. The van der Waals surface area contributed by atoms with E-state index >= 15 is 0 Å². The number of allylic oxidation sites excluding steroid dienone is 1. The molecule has 0 spiro atoms. The highest BCUT2D eigenvalue weighted by molar-refractivity contribution is 5.92. The van der Waals surface area contributed by atoms with Crippen LogP contribution < -0.4 is 0 Å². The van der Waals surface area contributed by atoms with Gasteiger partial charge in [0.15, 0.2) is 5.76 Å². The van der Waals surface area contributed by atoms with Crippen molar-refractivity contribution in [3.63, 3.8) is 0 Å². The maximum absolute atomic E-state index is 11.7. The van der Waals surface area contributed by atoms with Crippen molar-refractivity contribution < 1.29 is 19.0 Å². The first-order valence-corrected chi connectivity index (χ1v) is 5.58. The van der Waals surface area contributed by atoms with Crippen LogP contribution in [0.3, 0.4) is 0 Å². The van der Waals surface area contributed by atoms with E-state index in [2.05, 4.69) is 0 Å². The molecule has 4 nitrogen and oxygen atoms in total. The minimum Gasteiger partial charge on any atom is -0.465 e. The second-order valence-electron chi connectivity index (χ2n) is 3.71. The maximum Gasteiger partial charge on any atom is 0.341 e. The lowest BCUT2D eigenvalue weighted by Crippen LogP contribution is -2.08. The Morgan fingerprint density at radius 2 is 2.17 bits per heavy atom. The highest BCUT2D eigenvalue weighted by Gasteiger charge is 2.19. The molecule has 0 fully saturated rings. The first kappa shape index (κ1) is 12.2. The minimum atomic E-state index is -0.428. The molecule has 1 heterocycles. The van der Waals surface area contributed by atoms with Crippen LogP contribution in [-0.2, 0) is 25.4 Å². The number of methoxy groups -OCH3 is 1. The number of ether oxygens (including phenoxy) is 3. The zero-order valence-electron chi connectivity index (χ0n) is 10.1. The summed E-state index contributed by atoms with van der Waals surface area (Å²) in [5.41, 5.74) is 1.50. The topological polar surface area (TPSA) is 44.8 Å². The number of carbonyl (C=O) groups excluding carboxylic acids is 1. The van der Waals surface area contributed by atoms with Gasteiger partial charge in [-0.05, 0) is 12.0 Å². The molecule has 0 N–H and O–H groups in total. The third-order valence-electron chi connectivity index (χ3n) is 2.53.